The Morgan fingerprint density at radius 1 is 1.44 bits per heavy atom. The third-order valence-corrected chi connectivity index (χ3v) is 1.66. The molecule has 0 atom stereocenters. The average molecular weight is 220 g/mol. The number of pyridine rings is 1. The maximum Gasteiger partial charge on any atom is 0.412 e. The number of rotatable bonds is 4. The number of nitrogens with zero attached hydrogens (tertiary/aromatic N) is 1. The van der Waals surface area contributed by atoms with E-state index in [4.69, 9.17) is 0 Å². The highest BCUT2D eigenvalue weighted by molar-refractivity contribution is 5.98. The molecule has 0 unspecified atom stereocenters. The van der Waals surface area contributed by atoms with E-state index in [-0.39, 0.29) is 18.1 Å². The zero-order valence-electron chi connectivity index (χ0n) is 8.90. The van der Waals surface area contributed by atoms with Gasteiger partial charge in [-0.3, -0.25) is 9.78 Å². The third-order valence-electron chi connectivity index (χ3n) is 1.66. The summed E-state index contributed by atoms with van der Waals surface area (Å²) in [6, 6.07) is 3.15. The molecule has 1 aromatic rings. The van der Waals surface area contributed by atoms with Gasteiger partial charge < -0.3 is 10.1 Å². The Balaban J connectivity index is 2.42. The van der Waals surface area contributed by atoms with Crippen LogP contribution in [0.2, 0.25) is 0 Å². The van der Waals surface area contributed by atoms with Gasteiger partial charge in [-0.1, -0.05) is 6.58 Å². The Bertz CT molecular complexity index is 401. The number of hydrogen-bond donors (Lipinski definition) is 1. The largest absolute Gasteiger partial charge is 0.416 e. The minimum Gasteiger partial charge on any atom is -0.416 e. The minimum absolute atomic E-state index is 0.115. The van der Waals surface area contributed by atoms with Crippen LogP contribution in [0.15, 0.2) is 36.9 Å². The van der Waals surface area contributed by atoms with Crippen molar-refractivity contribution in [1.29, 1.82) is 0 Å². The van der Waals surface area contributed by atoms with Gasteiger partial charge in [0.1, 0.15) is 0 Å². The lowest BCUT2D eigenvalue weighted by Gasteiger charge is -2.05. The van der Waals surface area contributed by atoms with Crippen molar-refractivity contribution in [2.45, 2.75) is 6.92 Å². The fourth-order valence-corrected chi connectivity index (χ4v) is 0.987. The summed E-state index contributed by atoms with van der Waals surface area (Å²) < 4.78 is 4.63. The van der Waals surface area contributed by atoms with Gasteiger partial charge in [0.2, 0.25) is 0 Å². The van der Waals surface area contributed by atoms with Crippen molar-refractivity contribution in [3.05, 3.63) is 42.4 Å². The molecule has 0 spiro atoms. The van der Waals surface area contributed by atoms with Crippen molar-refractivity contribution in [3.8, 4) is 0 Å². The molecule has 84 valence electrons. The zero-order valence-corrected chi connectivity index (χ0v) is 8.90. The van der Waals surface area contributed by atoms with E-state index in [1.807, 2.05) is 0 Å². The maximum atomic E-state index is 11.5. The molecule has 1 aromatic heterocycles. The first-order chi connectivity index (χ1) is 7.59. The molecular formula is C11H12N2O3. The van der Waals surface area contributed by atoms with Gasteiger partial charge in [0.15, 0.2) is 5.78 Å². The van der Waals surface area contributed by atoms with Crippen molar-refractivity contribution < 1.29 is 14.3 Å². The Hall–Kier alpha value is -2.17. The standard InChI is InChI=1S/C11H12N2O3/c1-8(2)16-11(15)13-7-10(14)9-3-5-12-6-4-9/h3-6H,1,7H2,2H3,(H,13,15). The first kappa shape index (κ1) is 11.9. The lowest BCUT2D eigenvalue weighted by Crippen LogP contribution is -2.29. The molecule has 0 aromatic carbocycles. The molecule has 0 saturated heterocycles. The van der Waals surface area contributed by atoms with Gasteiger partial charge in [-0.2, -0.15) is 0 Å². The van der Waals surface area contributed by atoms with Crippen LogP contribution in [-0.2, 0) is 4.74 Å². The Morgan fingerprint density at radius 3 is 2.62 bits per heavy atom. The number of ether oxygens (including phenoxy) is 1. The Kier molecular flexibility index (Phi) is 4.20. The van der Waals surface area contributed by atoms with E-state index in [9.17, 15) is 9.59 Å². The van der Waals surface area contributed by atoms with Crippen molar-refractivity contribution in [2.24, 2.45) is 0 Å². The zero-order chi connectivity index (χ0) is 12.0. The summed E-state index contributed by atoms with van der Waals surface area (Å²) in [6.07, 6.45) is 2.34. The van der Waals surface area contributed by atoms with E-state index in [1.54, 1.807) is 19.1 Å². The third kappa shape index (κ3) is 3.91. The van der Waals surface area contributed by atoms with E-state index in [0.717, 1.165) is 0 Å². The second-order valence-corrected chi connectivity index (χ2v) is 3.10. The van der Waals surface area contributed by atoms with E-state index in [2.05, 4.69) is 21.6 Å². The SMILES string of the molecule is C=C(C)OC(=O)NCC(=O)c1ccncc1. The van der Waals surface area contributed by atoms with Crippen LogP contribution in [0.4, 0.5) is 4.79 Å². The number of hydrogen-bond acceptors (Lipinski definition) is 4. The quantitative estimate of drug-likeness (QED) is 0.617. The highest BCUT2D eigenvalue weighted by Crippen LogP contribution is 1.97. The molecule has 0 aliphatic carbocycles. The summed E-state index contributed by atoms with van der Waals surface area (Å²) >= 11 is 0. The molecular weight excluding hydrogens is 208 g/mol. The Labute approximate surface area is 93.1 Å². The number of allylic oxidation sites excluding steroid dienone is 1. The second kappa shape index (κ2) is 5.65. The minimum atomic E-state index is -0.685. The van der Waals surface area contributed by atoms with Crippen LogP contribution in [0, 0.1) is 0 Å². The fraction of sp³-hybridized carbons (Fsp3) is 0.182. The van der Waals surface area contributed by atoms with Crippen molar-refractivity contribution in [1.82, 2.24) is 10.3 Å². The highest BCUT2D eigenvalue weighted by atomic mass is 16.6. The van der Waals surface area contributed by atoms with Crippen LogP contribution < -0.4 is 5.32 Å². The van der Waals surface area contributed by atoms with Crippen LogP contribution >= 0.6 is 0 Å². The number of carbonyl (C=O) groups excluding carboxylic acids is 2. The van der Waals surface area contributed by atoms with E-state index in [0.29, 0.717) is 5.56 Å². The smallest absolute Gasteiger partial charge is 0.412 e. The van der Waals surface area contributed by atoms with Gasteiger partial charge in [-0.25, -0.2) is 4.79 Å². The molecule has 0 bridgehead atoms. The van der Waals surface area contributed by atoms with Crippen LogP contribution in [0.25, 0.3) is 0 Å². The molecule has 1 N–H and O–H groups in total. The van der Waals surface area contributed by atoms with Crippen LogP contribution in [0.5, 0.6) is 0 Å². The summed E-state index contributed by atoms with van der Waals surface area (Å²) in [5.74, 6) is 0.0647. The van der Waals surface area contributed by atoms with Crippen molar-refractivity contribution in [2.75, 3.05) is 6.54 Å². The van der Waals surface area contributed by atoms with Gasteiger partial charge in [0.25, 0.3) is 0 Å². The van der Waals surface area contributed by atoms with Crippen molar-refractivity contribution >= 4 is 11.9 Å². The normalized spacial score (nSPS) is 9.31. The highest BCUT2D eigenvalue weighted by Gasteiger charge is 2.08. The van der Waals surface area contributed by atoms with Gasteiger partial charge in [0, 0.05) is 18.0 Å². The van der Waals surface area contributed by atoms with Gasteiger partial charge >= 0.3 is 6.09 Å². The molecule has 16 heavy (non-hydrogen) atoms. The summed E-state index contributed by atoms with van der Waals surface area (Å²) in [4.78, 5) is 26.3. The summed E-state index contributed by atoms with van der Waals surface area (Å²) in [5.41, 5.74) is 0.491. The fourth-order valence-electron chi connectivity index (χ4n) is 0.987. The Morgan fingerprint density at radius 2 is 2.06 bits per heavy atom. The van der Waals surface area contributed by atoms with Crippen LogP contribution in [0.1, 0.15) is 17.3 Å². The number of Topliss-reactive ketones (excluding diaryl/α,β-unsaturated/α-hetero) is 1. The van der Waals surface area contributed by atoms with Gasteiger partial charge in [-0.05, 0) is 19.1 Å². The summed E-state index contributed by atoms with van der Waals surface area (Å²) in [7, 11) is 0. The first-order valence-corrected chi connectivity index (χ1v) is 4.64. The maximum absolute atomic E-state index is 11.5. The number of nitrogens with one attached hydrogen (secondary N) is 1. The second-order valence-electron chi connectivity index (χ2n) is 3.10. The molecule has 1 rings (SSSR count). The molecule has 0 fully saturated rings. The molecule has 0 aliphatic rings. The number of aromatic nitrogens is 1. The molecule has 0 aliphatic heterocycles. The first-order valence-electron chi connectivity index (χ1n) is 4.64. The van der Waals surface area contributed by atoms with Gasteiger partial charge in [0.05, 0.1) is 12.3 Å². The number of amides is 1. The number of ketones is 1. The molecule has 5 heteroatoms. The topological polar surface area (TPSA) is 68.3 Å². The molecule has 0 saturated carbocycles. The van der Waals surface area contributed by atoms with E-state index in [1.165, 1.54) is 12.4 Å². The van der Waals surface area contributed by atoms with Crippen LogP contribution in [-0.4, -0.2) is 23.4 Å². The van der Waals surface area contributed by atoms with E-state index < -0.39 is 6.09 Å². The molecule has 1 heterocycles. The summed E-state index contributed by atoms with van der Waals surface area (Å²) in [6.45, 7) is 4.84. The molecule has 5 nitrogen and oxygen atoms in total. The predicted molar refractivity (Wildman–Crippen MR) is 57.9 cm³/mol. The number of alkyl carbamates (subject to hydrolysis) is 1. The summed E-state index contributed by atoms with van der Waals surface area (Å²) in [5, 5.41) is 2.32. The van der Waals surface area contributed by atoms with Gasteiger partial charge in [-0.15, -0.1) is 0 Å². The monoisotopic (exact) mass is 220 g/mol. The molecule has 0 radical (unpaired) electrons. The lowest BCUT2D eigenvalue weighted by atomic mass is 10.2. The van der Waals surface area contributed by atoms with E-state index >= 15 is 0 Å². The van der Waals surface area contributed by atoms with Crippen LogP contribution in [0.3, 0.4) is 0 Å². The van der Waals surface area contributed by atoms with Crippen molar-refractivity contribution in [3.63, 3.8) is 0 Å². The predicted octanol–water partition coefficient (Wildman–Crippen LogP) is 1.52. The average Bonchev–Trinajstić information content (AvgIpc) is 2.26. The lowest BCUT2D eigenvalue weighted by molar-refractivity contribution is 0.0984. The molecule has 1 amide bonds. The number of carbonyl (C=O) groups is 2.